The first-order chi connectivity index (χ1) is 16.6. The highest BCUT2D eigenvalue weighted by molar-refractivity contribution is 6.05. The maximum absolute atomic E-state index is 13.8. The zero-order chi connectivity index (χ0) is 23.3. The number of carbonyl (C=O) groups excluding carboxylic acids is 1. The quantitative estimate of drug-likeness (QED) is 0.275. The molecule has 0 spiro atoms. The normalized spacial score (nSPS) is 10.6. The summed E-state index contributed by atoms with van der Waals surface area (Å²) in [5, 5.41) is 10.1. The molecule has 166 valence electrons. The Morgan fingerprint density at radius 2 is 1.53 bits per heavy atom. The Balaban J connectivity index is 1.33. The molecule has 0 saturated carbocycles. The van der Waals surface area contributed by atoms with E-state index >= 15 is 0 Å². The number of pyridine rings is 2. The molecule has 0 saturated heterocycles. The van der Waals surface area contributed by atoms with Crippen LogP contribution in [0.4, 0.5) is 32.8 Å². The number of nitrogens with zero attached hydrogens (tertiary/aromatic N) is 2. The van der Waals surface area contributed by atoms with Gasteiger partial charge in [-0.25, -0.2) is 4.39 Å². The standard InChI is InChI=1S/C27H20FN5O/c28-19-9-10-25-24(15-19)26(11-13-30-25)32-20-5-1-4-18(14-20)27(34)33-22-7-2-6-21(16-22)31-23-8-3-12-29-17-23/h1-17,31H,(H,30,32)(H,33,34). The van der Waals surface area contributed by atoms with Gasteiger partial charge in [-0.15, -0.1) is 0 Å². The number of rotatable bonds is 6. The number of halogens is 1. The average molecular weight is 449 g/mol. The lowest BCUT2D eigenvalue weighted by Gasteiger charge is -2.12. The summed E-state index contributed by atoms with van der Waals surface area (Å²) in [6, 6.07) is 24.6. The molecule has 2 heterocycles. The number of anilines is 5. The number of nitrogens with one attached hydrogen (secondary N) is 3. The molecule has 5 aromatic rings. The van der Waals surface area contributed by atoms with E-state index in [0.717, 1.165) is 11.4 Å². The van der Waals surface area contributed by atoms with Crippen molar-refractivity contribution in [3.05, 3.63) is 115 Å². The van der Waals surface area contributed by atoms with Gasteiger partial charge in [-0.1, -0.05) is 12.1 Å². The molecule has 0 aliphatic rings. The summed E-state index contributed by atoms with van der Waals surface area (Å²) < 4.78 is 13.8. The number of fused-ring (bicyclic) bond motifs is 1. The van der Waals surface area contributed by atoms with E-state index in [0.29, 0.717) is 33.5 Å². The summed E-state index contributed by atoms with van der Waals surface area (Å²) in [7, 11) is 0. The summed E-state index contributed by atoms with van der Waals surface area (Å²) in [6.07, 6.45) is 5.09. The van der Waals surface area contributed by atoms with Gasteiger partial charge < -0.3 is 16.0 Å². The van der Waals surface area contributed by atoms with Gasteiger partial charge in [-0.3, -0.25) is 14.8 Å². The van der Waals surface area contributed by atoms with E-state index in [1.165, 1.54) is 12.1 Å². The van der Waals surface area contributed by atoms with Crippen LogP contribution < -0.4 is 16.0 Å². The van der Waals surface area contributed by atoms with Crippen LogP contribution in [0.5, 0.6) is 0 Å². The molecule has 34 heavy (non-hydrogen) atoms. The molecule has 0 fully saturated rings. The first kappa shape index (κ1) is 21.1. The van der Waals surface area contributed by atoms with Crippen LogP contribution in [0, 0.1) is 5.82 Å². The van der Waals surface area contributed by atoms with Crippen molar-refractivity contribution in [3.8, 4) is 0 Å². The van der Waals surface area contributed by atoms with Crippen LogP contribution in [-0.4, -0.2) is 15.9 Å². The lowest BCUT2D eigenvalue weighted by Crippen LogP contribution is -2.12. The van der Waals surface area contributed by atoms with Crippen LogP contribution in [0.3, 0.4) is 0 Å². The number of carbonyl (C=O) groups is 1. The molecule has 2 aromatic heterocycles. The van der Waals surface area contributed by atoms with Crippen molar-refractivity contribution in [2.24, 2.45) is 0 Å². The number of amides is 1. The number of benzene rings is 3. The first-order valence-corrected chi connectivity index (χ1v) is 10.6. The van der Waals surface area contributed by atoms with Gasteiger partial charge in [0, 0.05) is 46.1 Å². The lowest BCUT2D eigenvalue weighted by atomic mass is 10.1. The van der Waals surface area contributed by atoms with Crippen molar-refractivity contribution in [1.29, 1.82) is 0 Å². The molecule has 6 nitrogen and oxygen atoms in total. The Morgan fingerprint density at radius 3 is 2.38 bits per heavy atom. The SMILES string of the molecule is O=C(Nc1cccc(Nc2cccnc2)c1)c1cccc(Nc2ccnc3ccc(F)cc23)c1. The molecular formula is C27H20FN5O. The largest absolute Gasteiger partial charge is 0.355 e. The molecule has 0 unspecified atom stereocenters. The molecule has 1 amide bonds. The first-order valence-electron chi connectivity index (χ1n) is 10.6. The lowest BCUT2D eigenvalue weighted by molar-refractivity contribution is 0.102. The summed E-state index contributed by atoms with van der Waals surface area (Å²) in [4.78, 5) is 21.3. The number of hydrogen-bond donors (Lipinski definition) is 3. The fourth-order valence-electron chi connectivity index (χ4n) is 3.60. The third-order valence-electron chi connectivity index (χ3n) is 5.18. The highest BCUT2D eigenvalue weighted by Gasteiger charge is 2.09. The van der Waals surface area contributed by atoms with Gasteiger partial charge in [0.25, 0.3) is 5.91 Å². The fraction of sp³-hybridized carbons (Fsp3) is 0. The van der Waals surface area contributed by atoms with E-state index in [-0.39, 0.29) is 11.7 Å². The molecule has 0 atom stereocenters. The molecule has 0 radical (unpaired) electrons. The molecule has 0 aliphatic heterocycles. The number of hydrogen-bond acceptors (Lipinski definition) is 5. The second-order valence-electron chi connectivity index (χ2n) is 7.63. The van der Waals surface area contributed by atoms with Crippen LogP contribution in [0.1, 0.15) is 10.4 Å². The molecule has 3 aromatic carbocycles. The van der Waals surface area contributed by atoms with Gasteiger partial charge in [0.15, 0.2) is 0 Å². The Morgan fingerprint density at radius 1 is 0.735 bits per heavy atom. The minimum absolute atomic E-state index is 0.243. The maximum atomic E-state index is 13.8. The predicted octanol–water partition coefficient (Wildman–Crippen LogP) is 6.51. The molecule has 3 N–H and O–H groups in total. The smallest absolute Gasteiger partial charge is 0.255 e. The molecule has 7 heteroatoms. The monoisotopic (exact) mass is 449 g/mol. The molecule has 0 bridgehead atoms. The van der Waals surface area contributed by atoms with Crippen LogP contribution >= 0.6 is 0 Å². The third kappa shape index (κ3) is 4.83. The van der Waals surface area contributed by atoms with Gasteiger partial charge in [0.1, 0.15) is 5.82 Å². The molecule has 0 aliphatic carbocycles. The number of aromatic nitrogens is 2. The average Bonchev–Trinajstić information content (AvgIpc) is 2.85. The molecule has 5 rings (SSSR count). The predicted molar refractivity (Wildman–Crippen MR) is 133 cm³/mol. The van der Waals surface area contributed by atoms with E-state index < -0.39 is 0 Å². The van der Waals surface area contributed by atoms with E-state index in [2.05, 4.69) is 25.9 Å². The van der Waals surface area contributed by atoms with Gasteiger partial charge in [-0.2, -0.15) is 0 Å². The topological polar surface area (TPSA) is 78.9 Å². The Bertz CT molecular complexity index is 1470. The Hall–Kier alpha value is -4.78. The van der Waals surface area contributed by atoms with Crippen molar-refractivity contribution >= 4 is 45.2 Å². The van der Waals surface area contributed by atoms with Gasteiger partial charge in [0.05, 0.1) is 17.4 Å². The van der Waals surface area contributed by atoms with Crippen molar-refractivity contribution in [1.82, 2.24) is 9.97 Å². The second kappa shape index (κ2) is 9.38. The van der Waals surface area contributed by atoms with Crippen LogP contribution in [-0.2, 0) is 0 Å². The van der Waals surface area contributed by atoms with Gasteiger partial charge >= 0.3 is 0 Å². The minimum atomic E-state index is -0.336. The second-order valence-corrected chi connectivity index (χ2v) is 7.63. The van der Waals surface area contributed by atoms with Crippen LogP contribution in [0.2, 0.25) is 0 Å². The zero-order valence-corrected chi connectivity index (χ0v) is 18.0. The maximum Gasteiger partial charge on any atom is 0.255 e. The van der Waals surface area contributed by atoms with E-state index in [1.54, 1.807) is 48.9 Å². The van der Waals surface area contributed by atoms with Crippen molar-refractivity contribution in [3.63, 3.8) is 0 Å². The van der Waals surface area contributed by atoms with Crippen LogP contribution in [0.15, 0.2) is 104 Å². The molecular weight excluding hydrogens is 429 g/mol. The fourth-order valence-corrected chi connectivity index (χ4v) is 3.60. The Kier molecular flexibility index (Phi) is 5.82. The zero-order valence-electron chi connectivity index (χ0n) is 18.0. The summed E-state index contributed by atoms with van der Waals surface area (Å²) in [5.74, 6) is -0.579. The third-order valence-corrected chi connectivity index (χ3v) is 5.18. The minimum Gasteiger partial charge on any atom is -0.355 e. The van der Waals surface area contributed by atoms with Crippen molar-refractivity contribution in [2.75, 3.05) is 16.0 Å². The highest BCUT2D eigenvalue weighted by Crippen LogP contribution is 2.26. The van der Waals surface area contributed by atoms with Crippen molar-refractivity contribution < 1.29 is 9.18 Å². The van der Waals surface area contributed by atoms with Gasteiger partial charge in [-0.05, 0) is 72.8 Å². The van der Waals surface area contributed by atoms with Crippen molar-refractivity contribution in [2.45, 2.75) is 0 Å². The van der Waals surface area contributed by atoms with Crippen LogP contribution in [0.25, 0.3) is 10.9 Å². The Labute approximate surface area is 195 Å². The van der Waals surface area contributed by atoms with E-state index in [9.17, 15) is 9.18 Å². The van der Waals surface area contributed by atoms with E-state index in [4.69, 9.17) is 0 Å². The highest BCUT2D eigenvalue weighted by atomic mass is 19.1. The van der Waals surface area contributed by atoms with Gasteiger partial charge in [0.2, 0.25) is 0 Å². The van der Waals surface area contributed by atoms with E-state index in [1.807, 2.05) is 42.5 Å². The summed E-state index contributed by atoms with van der Waals surface area (Å²) in [6.45, 7) is 0. The summed E-state index contributed by atoms with van der Waals surface area (Å²) >= 11 is 0. The summed E-state index contributed by atoms with van der Waals surface area (Å²) in [5.41, 5.74) is 4.92.